The highest BCUT2D eigenvalue weighted by molar-refractivity contribution is 6.32. The first kappa shape index (κ1) is 15.0. The summed E-state index contributed by atoms with van der Waals surface area (Å²) in [5, 5.41) is 10.6. The fraction of sp³-hybridized carbons (Fsp3) is 0.400. The fourth-order valence-electron chi connectivity index (χ4n) is 2.31. The molecule has 1 aromatic carbocycles. The Labute approximate surface area is 122 Å². The van der Waals surface area contributed by atoms with E-state index in [2.05, 4.69) is 6.92 Å². The fourth-order valence-corrected chi connectivity index (χ4v) is 2.48. The molecule has 2 N–H and O–H groups in total. The molecule has 0 saturated carbocycles. The van der Waals surface area contributed by atoms with E-state index in [0.29, 0.717) is 23.7 Å². The maximum Gasteiger partial charge on any atom is 0.336 e. The van der Waals surface area contributed by atoms with Crippen molar-refractivity contribution in [2.24, 2.45) is 0 Å². The molecule has 4 nitrogen and oxygen atoms in total. The maximum absolute atomic E-state index is 11.7. The predicted octanol–water partition coefficient (Wildman–Crippen LogP) is 1.15. The molecule has 0 saturated heterocycles. The molecule has 0 radical (unpaired) electrons. The molecular weight excluding hydrogens is 278 g/mol. The normalized spacial score (nSPS) is 12.8. The van der Waals surface area contributed by atoms with Crippen LogP contribution in [0.4, 0.5) is 0 Å². The second-order valence-electron chi connectivity index (χ2n) is 4.94. The summed E-state index contributed by atoms with van der Waals surface area (Å²) in [5.74, 6) is 0. The van der Waals surface area contributed by atoms with Gasteiger partial charge in [-0.3, -0.25) is 0 Å². The zero-order valence-corrected chi connectivity index (χ0v) is 12.5. The molecule has 1 aromatic heterocycles. The minimum Gasteiger partial charge on any atom is -0.423 e. The van der Waals surface area contributed by atoms with Gasteiger partial charge in [-0.15, -0.1) is 0 Å². The quantitative estimate of drug-likeness (QED) is 0.814. The largest absolute Gasteiger partial charge is 0.423 e. The summed E-state index contributed by atoms with van der Waals surface area (Å²) in [5.41, 5.74) is 2.00. The Balaban J connectivity index is 2.51. The number of hydrogen-bond acceptors (Lipinski definition) is 3. The van der Waals surface area contributed by atoms with Crippen molar-refractivity contribution < 1.29 is 14.4 Å². The van der Waals surface area contributed by atoms with Crippen LogP contribution in [0.25, 0.3) is 11.0 Å². The zero-order valence-electron chi connectivity index (χ0n) is 11.7. The van der Waals surface area contributed by atoms with Gasteiger partial charge in [0.1, 0.15) is 18.7 Å². The van der Waals surface area contributed by atoms with E-state index in [-0.39, 0.29) is 12.2 Å². The summed E-state index contributed by atoms with van der Waals surface area (Å²) in [6.07, 6.45) is 0. The van der Waals surface area contributed by atoms with Crippen LogP contribution in [0.3, 0.4) is 0 Å². The average molecular weight is 297 g/mol. The van der Waals surface area contributed by atoms with Crippen molar-refractivity contribution in [1.29, 1.82) is 0 Å². The van der Waals surface area contributed by atoms with Crippen molar-refractivity contribution in [3.63, 3.8) is 0 Å². The molecule has 2 aromatic rings. The van der Waals surface area contributed by atoms with Crippen molar-refractivity contribution in [2.45, 2.75) is 20.4 Å². The predicted molar refractivity (Wildman–Crippen MR) is 79.4 cm³/mol. The molecule has 1 atom stereocenters. The van der Waals surface area contributed by atoms with Crippen LogP contribution in [0.5, 0.6) is 0 Å². The van der Waals surface area contributed by atoms with Gasteiger partial charge in [-0.2, -0.15) is 0 Å². The lowest BCUT2D eigenvalue weighted by Gasteiger charge is -2.17. The molecule has 0 spiro atoms. The van der Waals surface area contributed by atoms with E-state index in [1.54, 1.807) is 6.07 Å². The molecule has 0 bridgehead atoms. The molecule has 1 heterocycles. The highest BCUT2D eigenvalue weighted by atomic mass is 35.5. The SMILES string of the molecule is CC[NH+](CCO)Cc1cc(=O)oc2cc(C)c(Cl)cc12. The summed E-state index contributed by atoms with van der Waals surface area (Å²) in [6.45, 7) is 6.25. The van der Waals surface area contributed by atoms with Gasteiger partial charge in [0.15, 0.2) is 0 Å². The topological polar surface area (TPSA) is 54.9 Å². The number of quaternary nitrogens is 1. The van der Waals surface area contributed by atoms with Crippen LogP contribution in [-0.2, 0) is 6.54 Å². The molecule has 0 aliphatic heterocycles. The molecule has 0 aliphatic carbocycles. The summed E-state index contributed by atoms with van der Waals surface area (Å²) in [4.78, 5) is 12.9. The number of fused-ring (bicyclic) bond motifs is 1. The first-order chi connectivity index (χ1) is 9.55. The Morgan fingerprint density at radius 1 is 1.35 bits per heavy atom. The maximum atomic E-state index is 11.7. The molecule has 5 heteroatoms. The van der Waals surface area contributed by atoms with E-state index in [0.717, 1.165) is 23.1 Å². The van der Waals surface area contributed by atoms with Crippen molar-refractivity contribution in [2.75, 3.05) is 19.7 Å². The number of aliphatic hydroxyl groups is 1. The minimum atomic E-state index is -0.353. The molecule has 20 heavy (non-hydrogen) atoms. The van der Waals surface area contributed by atoms with Crippen molar-refractivity contribution in [3.05, 3.63) is 44.8 Å². The number of hydrogen-bond donors (Lipinski definition) is 2. The standard InChI is InChI=1S/C15H18ClNO3/c1-3-17(4-5-18)9-11-7-15(19)20-14-6-10(2)13(16)8-12(11)14/h6-8,18H,3-5,9H2,1-2H3/p+1. The minimum absolute atomic E-state index is 0.127. The van der Waals surface area contributed by atoms with Crippen LogP contribution in [0.2, 0.25) is 5.02 Å². The van der Waals surface area contributed by atoms with Gasteiger partial charge in [0, 0.05) is 22.0 Å². The molecular formula is C15H19ClNO3+. The number of rotatable bonds is 5. The van der Waals surface area contributed by atoms with Crippen LogP contribution in [0.15, 0.2) is 27.4 Å². The smallest absolute Gasteiger partial charge is 0.336 e. The number of halogens is 1. The van der Waals surface area contributed by atoms with E-state index < -0.39 is 0 Å². The Morgan fingerprint density at radius 3 is 2.75 bits per heavy atom. The molecule has 108 valence electrons. The number of aliphatic hydroxyl groups excluding tert-OH is 1. The number of nitrogens with one attached hydrogen (secondary N) is 1. The van der Waals surface area contributed by atoms with Crippen molar-refractivity contribution >= 4 is 22.6 Å². The Kier molecular flexibility index (Phi) is 4.81. The highest BCUT2D eigenvalue weighted by Crippen LogP contribution is 2.24. The second-order valence-corrected chi connectivity index (χ2v) is 5.35. The third-order valence-electron chi connectivity index (χ3n) is 3.52. The number of aryl methyl sites for hydroxylation is 1. The van der Waals surface area contributed by atoms with Gasteiger partial charge < -0.3 is 14.4 Å². The molecule has 0 amide bonds. The van der Waals surface area contributed by atoms with Crippen LogP contribution in [-0.4, -0.2) is 24.8 Å². The van der Waals surface area contributed by atoms with Crippen LogP contribution in [0.1, 0.15) is 18.1 Å². The van der Waals surface area contributed by atoms with Gasteiger partial charge in [-0.1, -0.05) is 11.6 Å². The second kappa shape index (κ2) is 6.39. The van der Waals surface area contributed by atoms with Gasteiger partial charge in [-0.25, -0.2) is 4.79 Å². The molecule has 0 aliphatic rings. The molecule has 0 fully saturated rings. The molecule has 1 unspecified atom stereocenters. The van der Waals surface area contributed by atoms with E-state index in [4.69, 9.17) is 21.1 Å². The van der Waals surface area contributed by atoms with Crippen LogP contribution >= 0.6 is 11.6 Å². The highest BCUT2D eigenvalue weighted by Gasteiger charge is 2.13. The molecule has 2 rings (SSSR count). The van der Waals surface area contributed by atoms with Gasteiger partial charge >= 0.3 is 5.63 Å². The van der Waals surface area contributed by atoms with E-state index in [1.165, 1.54) is 11.0 Å². The first-order valence-electron chi connectivity index (χ1n) is 6.72. The Morgan fingerprint density at radius 2 is 2.10 bits per heavy atom. The number of benzene rings is 1. The third-order valence-corrected chi connectivity index (χ3v) is 3.92. The Hall–Kier alpha value is -1.36. The van der Waals surface area contributed by atoms with Crippen molar-refractivity contribution in [1.82, 2.24) is 0 Å². The summed E-state index contributed by atoms with van der Waals surface area (Å²) in [7, 11) is 0. The van der Waals surface area contributed by atoms with Gasteiger partial charge in [0.05, 0.1) is 13.2 Å². The summed E-state index contributed by atoms with van der Waals surface area (Å²) in [6, 6.07) is 5.15. The van der Waals surface area contributed by atoms with Crippen molar-refractivity contribution in [3.8, 4) is 0 Å². The van der Waals surface area contributed by atoms with Gasteiger partial charge in [0.2, 0.25) is 0 Å². The average Bonchev–Trinajstić information content (AvgIpc) is 2.40. The Bertz CT molecular complexity index is 666. The van der Waals surface area contributed by atoms with Crippen LogP contribution in [0, 0.1) is 6.92 Å². The lowest BCUT2D eigenvalue weighted by atomic mass is 10.1. The van der Waals surface area contributed by atoms with E-state index in [1.807, 2.05) is 13.0 Å². The lowest BCUT2D eigenvalue weighted by Crippen LogP contribution is -3.10. The van der Waals surface area contributed by atoms with E-state index in [9.17, 15) is 4.79 Å². The van der Waals surface area contributed by atoms with Gasteiger partial charge in [0.25, 0.3) is 0 Å². The van der Waals surface area contributed by atoms with E-state index >= 15 is 0 Å². The third kappa shape index (κ3) is 3.20. The first-order valence-corrected chi connectivity index (χ1v) is 7.10. The monoisotopic (exact) mass is 296 g/mol. The number of likely N-dealkylation sites (N-methyl/N-ethyl adjacent to an activating group) is 1. The summed E-state index contributed by atoms with van der Waals surface area (Å²) < 4.78 is 5.24. The lowest BCUT2D eigenvalue weighted by molar-refractivity contribution is -0.912. The summed E-state index contributed by atoms with van der Waals surface area (Å²) >= 11 is 6.16. The van der Waals surface area contributed by atoms with Crippen LogP contribution < -0.4 is 10.5 Å². The van der Waals surface area contributed by atoms with Gasteiger partial charge in [-0.05, 0) is 31.5 Å². The zero-order chi connectivity index (χ0) is 14.7.